The number of alkyl halides is 3. The summed E-state index contributed by atoms with van der Waals surface area (Å²) in [5.41, 5.74) is 2.78. The minimum absolute atomic E-state index is 0.130. The molecule has 10 heteroatoms. The normalized spacial score (nSPS) is 12.5. The van der Waals surface area contributed by atoms with E-state index in [2.05, 4.69) is 20.0 Å². The van der Waals surface area contributed by atoms with Gasteiger partial charge >= 0.3 is 6.36 Å². The predicted molar refractivity (Wildman–Crippen MR) is 122 cm³/mol. The second-order valence-corrected chi connectivity index (χ2v) is 7.87. The molecule has 1 atom stereocenters. The molecule has 1 amide bonds. The van der Waals surface area contributed by atoms with Gasteiger partial charge in [0.2, 0.25) is 5.91 Å². The Morgan fingerprint density at radius 1 is 1.06 bits per heavy atom. The van der Waals surface area contributed by atoms with E-state index in [0.29, 0.717) is 30.0 Å². The van der Waals surface area contributed by atoms with Crippen molar-refractivity contribution in [2.45, 2.75) is 31.8 Å². The topological polar surface area (TPSA) is 89.3 Å². The van der Waals surface area contributed by atoms with Crippen molar-refractivity contribution >= 4 is 17.1 Å². The number of fused-ring (bicyclic) bond motifs is 1. The molecule has 182 valence electrons. The number of carbonyl (C=O) groups excluding carboxylic acids is 1. The van der Waals surface area contributed by atoms with Crippen molar-refractivity contribution in [2.75, 3.05) is 6.61 Å². The third-order valence-corrected chi connectivity index (χ3v) is 5.38. The first-order valence-electron chi connectivity index (χ1n) is 10.9. The predicted octanol–water partition coefficient (Wildman–Crippen LogP) is 4.16. The number of ether oxygens (including phenoxy) is 1. The third-order valence-electron chi connectivity index (χ3n) is 5.38. The molecule has 35 heavy (non-hydrogen) atoms. The molecule has 0 fully saturated rings. The number of benzene rings is 2. The van der Waals surface area contributed by atoms with Crippen molar-refractivity contribution in [3.63, 3.8) is 0 Å². The van der Waals surface area contributed by atoms with Gasteiger partial charge in [0, 0.05) is 19.0 Å². The summed E-state index contributed by atoms with van der Waals surface area (Å²) >= 11 is 0. The van der Waals surface area contributed by atoms with Crippen LogP contribution in [0.15, 0.2) is 72.9 Å². The Hall–Kier alpha value is -3.92. The number of pyridine rings is 1. The summed E-state index contributed by atoms with van der Waals surface area (Å²) in [4.78, 5) is 21.6. The molecule has 0 aliphatic heterocycles. The second kappa shape index (κ2) is 10.6. The molecular formula is C25H23F3N4O3. The summed E-state index contributed by atoms with van der Waals surface area (Å²) in [7, 11) is 0. The molecule has 0 saturated carbocycles. The highest BCUT2D eigenvalue weighted by Crippen LogP contribution is 2.24. The molecule has 0 aliphatic carbocycles. The maximum absolute atomic E-state index is 12.6. The van der Waals surface area contributed by atoms with Crippen LogP contribution in [-0.4, -0.2) is 38.5 Å². The van der Waals surface area contributed by atoms with Gasteiger partial charge in [-0.25, -0.2) is 9.97 Å². The van der Waals surface area contributed by atoms with Crippen molar-refractivity contribution in [1.82, 2.24) is 19.9 Å². The van der Waals surface area contributed by atoms with Crippen molar-refractivity contribution < 1.29 is 27.8 Å². The molecule has 0 spiro atoms. The molecule has 4 rings (SSSR count). The fourth-order valence-electron chi connectivity index (χ4n) is 3.75. The summed E-state index contributed by atoms with van der Waals surface area (Å²) in [6, 6.07) is 17.8. The molecule has 0 radical (unpaired) electrons. The number of aromatic nitrogens is 3. The number of amides is 1. The summed E-state index contributed by atoms with van der Waals surface area (Å²) in [6.45, 7) is 0.0757. The minimum atomic E-state index is -4.75. The van der Waals surface area contributed by atoms with Crippen LogP contribution in [0.2, 0.25) is 0 Å². The molecule has 2 N–H and O–H groups in total. The molecule has 0 bridgehead atoms. The van der Waals surface area contributed by atoms with Crippen LogP contribution in [-0.2, 0) is 17.8 Å². The maximum atomic E-state index is 12.6. The lowest BCUT2D eigenvalue weighted by Gasteiger charge is -2.17. The number of hydrogen-bond acceptors (Lipinski definition) is 5. The van der Waals surface area contributed by atoms with Gasteiger partial charge in [-0.1, -0.05) is 42.5 Å². The molecule has 0 aliphatic rings. The van der Waals surface area contributed by atoms with Crippen molar-refractivity contribution in [1.29, 1.82) is 0 Å². The average Bonchev–Trinajstić information content (AvgIpc) is 3.19. The fraction of sp³-hybridized carbons (Fsp3) is 0.240. The fourth-order valence-corrected chi connectivity index (χ4v) is 3.75. The number of rotatable bonds is 9. The van der Waals surface area contributed by atoms with Gasteiger partial charge in [0.1, 0.15) is 17.1 Å². The number of nitrogens with one attached hydrogen (secondary N) is 1. The lowest BCUT2D eigenvalue weighted by atomic mass is 10.1. The third kappa shape index (κ3) is 6.36. The first kappa shape index (κ1) is 24.2. The zero-order valence-corrected chi connectivity index (χ0v) is 18.6. The van der Waals surface area contributed by atoms with E-state index in [-0.39, 0.29) is 24.7 Å². The summed E-state index contributed by atoms with van der Waals surface area (Å²) in [6.07, 6.45) is -2.69. The van der Waals surface area contributed by atoms with Gasteiger partial charge in [-0.05, 0) is 35.4 Å². The van der Waals surface area contributed by atoms with E-state index in [0.717, 1.165) is 11.1 Å². The minimum Gasteiger partial charge on any atom is -0.406 e. The Bertz CT molecular complexity index is 1270. The molecule has 1 unspecified atom stereocenters. The van der Waals surface area contributed by atoms with Crippen LogP contribution < -0.4 is 10.1 Å². The number of aliphatic hydroxyl groups is 1. The number of aryl methyl sites for hydroxylation is 1. The van der Waals surface area contributed by atoms with Gasteiger partial charge in [-0.3, -0.25) is 4.79 Å². The van der Waals surface area contributed by atoms with E-state index in [4.69, 9.17) is 0 Å². The van der Waals surface area contributed by atoms with Crippen LogP contribution in [0.5, 0.6) is 5.75 Å². The Kier molecular flexibility index (Phi) is 7.31. The molecule has 4 aromatic rings. The second-order valence-electron chi connectivity index (χ2n) is 7.87. The average molecular weight is 484 g/mol. The highest BCUT2D eigenvalue weighted by atomic mass is 19.4. The molecule has 7 nitrogen and oxygen atoms in total. The van der Waals surface area contributed by atoms with Crippen LogP contribution >= 0.6 is 0 Å². The van der Waals surface area contributed by atoms with Gasteiger partial charge < -0.3 is 19.7 Å². The number of hydrogen-bond donors (Lipinski definition) is 2. The van der Waals surface area contributed by atoms with Crippen LogP contribution in [0.25, 0.3) is 11.2 Å². The largest absolute Gasteiger partial charge is 0.573 e. The molecule has 2 aromatic heterocycles. The Balaban J connectivity index is 1.48. The highest BCUT2D eigenvalue weighted by molar-refractivity contribution is 5.77. The van der Waals surface area contributed by atoms with Crippen molar-refractivity contribution in [2.24, 2.45) is 0 Å². The summed E-state index contributed by atoms with van der Waals surface area (Å²) in [5.74, 6) is 0.0708. The maximum Gasteiger partial charge on any atom is 0.573 e. The Morgan fingerprint density at radius 2 is 1.80 bits per heavy atom. The van der Waals surface area contributed by atoms with Gasteiger partial charge in [0.05, 0.1) is 19.2 Å². The Morgan fingerprint density at radius 3 is 2.49 bits per heavy atom. The first-order chi connectivity index (χ1) is 16.8. The van der Waals surface area contributed by atoms with Crippen molar-refractivity contribution in [3.8, 4) is 5.75 Å². The molecular weight excluding hydrogens is 461 g/mol. The number of imidazole rings is 1. The summed E-state index contributed by atoms with van der Waals surface area (Å²) in [5, 5.41) is 12.5. The van der Waals surface area contributed by atoms with E-state index in [1.807, 2.05) is 34.9 Å². The van der Waals surface area contributed by atoms with Gasteiger partial charge in [-0.2, -0.15) is 0 Å². The monoisotopic (exact) mass is 484 g/mol. The van der Waals surface area contributed by atoms with E-state index in [9.17, 15) is 23.1 Å². The van der Waals surface area contributed by atoms with Crippen LogP contribution in [0.4, 0.5) is 13.2 Å². The number of aliphatic hydroxyl groups excluding tert-OH is 1. The lowest BCUT2D eigenvalue weighted by molar-refractivity contribution is -0.274. The van der Waals surface area contributed by atoms with Gasteiger partial charge in [0.25, 0.3) is 0 Å². The lowest BCUT2D eigenvalue weighted by Crippen LogP contribution is -2.31. The quantitative estimate of drug-likeness (QED) is 0.373. The van der Waals surface area contributed by atoms with Crippen LogP contribution in [0, 0.1) is 0 Å². The van der Waals surface area contributed by atoms with Crippen LogP contribution in [0.3, 0.4) is 0 Å². The standard InChI is InChI=1S/C25H23F3N4O3/c26-25(27,28)35-19-10-8-17(9-11-19)15-32-22(30-20-7-4-14-29-24(20)32)12-13-23(34)31-21(16-33)18-5-2-1-3-6-18/h1-11,14,21,33H,12-13,15-16H2,(H,31,34). The van der Waals surface area contributed by atoms with E-state index >= 15 is 0 Å². The summed E-state index contributed by atoms with van der Waals surface area (Å²) < 4.78 is 43.1. The highest BCUT2D eigenvalue weighted by Gasteiger charge is 2.31. The van der Waals surface area contributed by atoms with Gasteiger partial charge in [-0.15, -0.1) is 13.2 Å². The van der Waals surface area contributed by atoms with Crippen molar-refractivity contribution in [3.05, 3.63) is 89.9 Å². The van der Waals surface area contributed by atoms with Crippen LogP contribution in [0.1, 0.15) is 29.4 Å². The molecule has 2 heterocycles. The molecule has 2 aromatic carbocycles. The Labute approximate surface area is 199 Å². The number of carbonyl (C=O) groups is 1. The zero-order valence-electron chi connectivity index (χ0n) is 18.6. The van der Waals surface area contributed by atoms with E-state index < -0.39 is 12.4 Å². The zero-order chi connectivity index (χ0) is 24.8. The number of nitrogens with zero attached hydrogens (tertiary/aromatic N) is 3. The molecule has 0 saturated heterocycles. The van der Waals surface area contributed by atoms with E-state index in [1.165, 1.54) is 24.3 Å². The first-order valence-corrected chi connectivity index (χ1v) is 10.9. The van der Waals surface area contributed by atoms with Gasteiger partial charge in [0.15, 0.2) is 5.65 Å². The SMILES string of the molecule is O=C(CCc1nc2cccnc2n1Cc1ccc(OC(F)(F)F)cc1)NC(CO)c1ccccc1. The number of halogens is 3. The van der Waals surface area contributed by atoms with E-state index in [1.54, 1.807) is 18.3 Å². The smallest absolute Gasteiger partial charge is 0.406 e.